The molecule has 0 radical (unpaired) electrons. The summed E-state index contributed by atoms with van der Waals surface area (Å²) in [6, 6.07) is 23.9. The van der Waals surface area contributed by atoms with Crippen LogP contribution in [0, 0.1) is 12.7 Å². The van der Waals surface area contributed by atoms with Gasteiger partial charge in [0.2, 0.25) is 11.8 Å². The molecule has 1 aromatic heterocycles. The van der Waals surface area contributed by atoms with Gasteiger partial charge in [-0.05, 0) is 36.8 Å². The number of ether oxygens (including phenoxy) is 1. The summed E-state index contributed by atoms with van der Waals surface area (Å²) in [5, 5.41) is 7.59. The van der Waals surface area contributed by atoms with Crippen LogP contribution in [0.1, 0.15) is 21.9 Å². The molecule has 200 valence electrons. The second-order valence-electron chi connectivity index (χ2n) is 9.27. The van der Waals surface area contributed by atoms with Gasteiger partial charge in [0, 0.05) is 24.8 Å². The normalized spacial score (nSPS) is 15.1. The predicted molar refractivity (Wildman–Crippen MR) is 152 cm³/mol. The molecule has 39 heavy (non-hydrogen) atoms. The number of aromatic nitrogens is 2. The van der Waals surface area contributed by atoms with Gasteiger partial charge in [-0.25, -0.2) is 9.07 Å². The number of carbonyl (C=O) groups excluding carboxylic acids is 2. The molecule has 1 aliphatic heterocycles. The number of thioether (sulfide) groups is 1. The van der Waals surface area contributed by atoms with Crippen LogP contribution in [0.5, 0.6) is 0 Å². The Labute approximate surface area is 231 Å². The monoisotopic (exact) mass is 544 g/mol. The number of carbonyl (C=O) groups is 2. The van der Waals surface area contributed by atoms with Gasteiger partial charge in [0.25, 0.3) is 0 Å². The van der Waals surface area contributed by atoms with E-state index in [1.165, 1.54) is 28.8 Å². The zero-order valence-electron chi connectivity index (χ0n) is 21.8. The highest BCUT2D eigenvalue weighted by Crippen LogP contribution is 2.48. The highest BCUT2D eigenvalue weighted by atomic mass is 32.2. The van der Waals surface area contributed by atoms with Crippen molar-refractivity contribution in [3.8, 4) is 16.9 Å². The lowest BCUT2D eigenvalue weighted by molar-refractivity contribution is -0.123. The van der Waals surface area contributed by atoms with E-state index in [0.717, 1.165) is 22.3 Å². The first-order valence-corrected chi connectivity index (χ1v) is 13.7. The second-order valence-corrected chi connectivity index (χ2v) is 10.4. The summed E-state index contributed by atoms with van der Waals surface area (Å²) in [4.78, 5) is 28.1. The number of nitrogens with zero attached hydrogens (tertiary/aromatic N) is 3. The van der Waals surface area contributed by atoms with E-state index in [9.17, 15) is 14.0 Å². The van der Waals surface area contributed by atoms with Gasteiger partial charge in [-0.15, -0.1) is 11.8 Å². The largest absolute Gasteiger partial charge is 0.383 e. The van der Waals surface area contributed by atoms with Gasteiger partial charge in [-0.1, -0.05) is 60.2 Å². The highest BCUT2D eigenvalue weighted by Gasteiger charge is 2.37. The summed E-state index contributed by atoms with van der Waals surface area (Å²) < 4.78 is 20.6. The molecule has 0 bridgehead atoms. The van der Waals surface area contributed by atoms with Crippen LogP contribution >= 0.6 is 11.8 Å². The van der Waals surface area contributed by atoms with Gasteiger partial charge in [0.1, 0.15) is 18.2 Å². The van der Waals surface area contributed by atoms with Crippen molar-refractivity contribution in [1.29, 1.82) is 0 Å². The molecule has 0 fully saturated rings. The Bertz CT molecular complexity index is 1470. The molecule has 4 aromatic rings. The number of hydrogen-bond acceptors (Lipinski definition) is 5. The van der Waals surface area contributed by atoms with Crippen LogP contribution in [0.25, 0.3) is 16.9 Å². The number of halogens is 1. The predicted octanol–water partition coefficient (Wildman–Crippen LogP) is 4.92. The third-order valence-corrected chi connectivity index (χ3v) is 7.74. The van der Waals surface area contributed by atoms with Gasteiger partial charge in [0.05, 0.1) is 29.0 Å². The van der Waals surface area contributed by atoms with Crippen molar-refractivity contribution >= 4 is 29.4 Å². The minimum absolute atomic E-state index is 0.177. The van der Waals surface area contributed by atoms with Crippen LogP contribution in [0.15, 0.2) is 78.9 Å². The van der Waals surface area contributed by atoms with Gasteiger partial charge in [0.15, 0.2) is 0 Å². The van der Waals surface area contributed by atoms with Gasteiger partial charge >= 0.3 is 0 Å². The van der Waals surface area contributed by atoms with Crippen molar-refractivity contribution in [1.82, 2.24) is 15.1 Å². The van der Waals surface area contributed by atoms with E-state index in [0.29, 0.717) is 30.4 Å². The fourth-order valence-corrected chi connectivity index (χ4v) is 5.87. The number of methoxy groups -OCH3 is 1. The van der Waals surface area contributed by atoms with E-state index in [1.807, 2.05) is 49.4 Å². The topological polar surface area (TPSA) is 76.5 Å². The van der Waals surface area contributed by atoms with Crippen molar-refractivity contribution in [2.24, 2.45) is 0 Å². The van der Waals surface area contributed by atoms with Crippen LogP contribution in [-0.2, 0) is 14.3 Å². The molecular formula is C30H29FN4O3S. The van der Waals surface area contributed by atoms with Crippen molar-refractivity contribution in [3.63, 3.8) is 0 Å². The Balaban J connectivity index is 1.75. The summed E-state index contributed by atoms with van der Waals surface area (Å²) >= 11 is 1.51. The minimum atomic E-state index is -0.376. The van der Waals surface area contributed by atoms with Gasteiger partial charge < -0.3 is 10.1 Å². The fraction of sp³-hybridized carbons (Fsp3) is 0.233. The third kappa shape index (κ3) is 5.74. The maximum atomic E-state index is 13.9. The maximum absolute atomic E-state index is 13.9. The number of nitrogens with one attached hydrogen (secondary N) is 1. The average Bonchev–Trinajstić information content (AvgIpc) is 3.26. The van der Waals surface area contributed by atoms with Crippen LogP contribution in [0.3, 0.4) is 0 Å². The van der Waals surface area contributed by atoms with E-state index in [4.69, 9.17) is 9.84 Å². The first kappa shape index (κ1) is 26.6. The Morgan fingerprint density at radius 2 is 1.87 bits per heavy atom. The van der Waals surface area contributed by atoms with Crippen molar-refractivity contribution in [2.45, 2.75) is 12.2 Å². The molecule has 0 aliphatic carbocycles. The summed E-state index contributed by atoms with van der Waals surface area (Å²) in [6.07, 6.45) is 0. The maximum Gasteiger partial charge on any atom is 0.240 e. The Kier molecular flexibility index (Phi) is 8.09. The molecule has 1 N–H and O–H groups in total. The second kappa shape index (κ2) is 11.8. The van der Waals surface area contributed by atoms with E-state index in [1.54, 1.807) is 23.9 Å². The van der Waals surface area contributed by atoms with Crippen molar-refractivity contribution in [3.05, 3.63) is 101 Å². The number of benzene rings is 3. The van der Waals surface area contributed by atoms with E-state index in [2.05, 4.69) is 17.4 Å². The lowest BCUT2D eigenvalue weighted by Crippen LogP contribution is -2.43. The molecule has 5 rings (SSSR count). The van der Waals surface area contributed by atoms with Gasteiger partial charge in [-0.3, -0.25) is 14.5 Å². The average molecular weight is 545 g/mol. The summed E-state index contributed by atoms with van der Waals surface area (Å²) in [5.41, 5.74) is 5.14. The number of rotatable bonds is 8. The lowest BCUT2D eigenvalue weighted by Gasteiger charge is -2.23. The highest BCUT2D eigenvalue weighted by molar-refractivity contribution is 8.00. The molecule has 0 unspecified atom stereocenters. The minimum Gasteiger partial charge on any atom is -0.383 e. The SMILES string of the molecule is COCCNC(=O)CN1C(=O)CS[C@@H](c2cccc(C)c2)c2c(-c3ccccc3)nn(-c3ccc(F)cc3)c21. The number of fused-ring (bicyclic) bond motifs is 1. The van der Waals surface area contributed by atoms with Crippen LogP contribution in [0.4, 0.5) is 10.2 Å². The molecule has 1 aliphatic rings. The lowest BCUT2D eigenvalue weighted by atomic mass is 9.98. The number of aryl methyl sites for hydroxylation is 1. The van der Waals surface area contributed by atoms with Crippen LogP contribution in [-0.4, -0.2) is 54.2 Å². The van der Waals surface area contributed by atoms with E-state index < -0.39 is 0 Å². The molecule has 0 saturated carbocycles. The zero-order chi connectivity index (χ0) is 27.4. The van der Waals surface area contributed by atoms with Gasteiger partial charge in [-0.2, -0.15) is 5.10 Å². The third-order valence-electron chi connectivity index (χ3n) is 6.48. The number of hydrogen-bond donors (Lipinski definition) is 1. The van der Waals surface area contributed by atoms with Crippen molar-refractivity contribution in [2.75, 3.05) is 37.5 Å². The van der Waals surface area contributed by atoms with E-state index in [-0.39, 0.29) is 35.2 Å². The molecule has 1 atom stereocenters. The first-order chi connectivity index (χ1) is 19.0. The molecule has 0 saturated heterocycles. The first-order valence-electron chi connectivity index (χ1n) is 12.6. The summed E-state index contributed by atoms with van der Waals surface area (Å²) in [5.74, 6) is -0.210. The van der Waals surface area contributed by atoms with Crippen molar-refractivity contribution < 1.29 is 18.7 Å². The molecular weight excluding hydrogens is 515 g/mol. The molecule has 9 heteroatoms. The Morgan fingerprint density at radius 1 is 1.10 bits per heavy atom. The molecule has 2 amide bonds. The standard InChI is InChI=1S/C30H29FN4O3S/c1-20-7-6-10-22(17-20)29-27-28(21-8-4-3-5-9-21)33-35(24-13-11-23(31)12-14-24)30(27)34(26(37)19-39-29)18-25(36)32-15-16-38-2/h3-14,17,29H,15-16,18-19H2,1-2H3,(H,32,36)/t29-/m0/s1. The zero-order valence-corrected chi connectivity index (χ0v) is 22.6. The molecule has 7 nitrogen and oxygen atoms in total. The van der Waals surface area contributed by atoms with Crippen LogP contribution in [0.2, 0.25) is 0 Å². The Morgan fingerprint density at radius 3 is 2.59 bits per heavy atom. The Hall–Kier alpha value is -3.95. The molecule has 0 spiro atoms. The van der Waals surface area contributed by atoms with Crippen LogP contribution < -0.4 is 10.2 Å². The summed E-state index contributed by atoms with van der Waals surface area (Å²) in [7, 11) is 1.56. The fourth-order valence-electron chi connectivity index (χ4n) is 4.68. The number of amides is 2. The number of anilines is 1. The summed E-state index contributed by atoms with van der Waals surface area (Å²) in [6.45, 7) is 2.55. The smallest absolute Gasteiger partial charge is 0.240 e. The van der Waals surface area contributed by atoms with E-state index >= 15 is 0 Å². The molecule has 3 aromatic carbocycles. The quantitative estimate of drug-likeness (QED) is 0.319. The molecule has 2 heterocycles.